The molecule has 0 saturated carbocycles. The lowest BCUT2D eigenvalue weighted by molar-refractivity contribution is -0.178. The van der Waals surface area contributed by atoms with E-state index in [1.807, 2.05) is 0 Å². The molecule has 0 fully saturated rings. The first-order chi connectivity index (χ1) is 15.9. The summed E-state index contributed by atoms with van der Waals surface area (Å²) in [7, 11) is 1.34. The van der Waals surface area contributed by atoms with Gasteiger partial charge in [-0.2, -0.15) is 13.2 Å². The number of hydrogen-bond donors (Lipinski definition) is 2. The fraction of sp³-hybridized carbons (Fsp3) is 0.333. The SMILES string of the molecule is CCC(O)(O)C(=O)/C=C/c1ccc(OC(=O)c2ccc(OCCCC(F)(F)F)c(OC)c2)cc1. The molecule has 2 rings (SSSR count). The number of aliphatic hydroxyl groups is 2. The highest BCUT2D eigenvalue weighted by atomic mass is 19.4. The monoisotopic (exact) mass is 482 g/mol. The first-order valence-electron chi connectivity index (χ1n) is 10.3. The van der Waals surface area contributed by atoms with Gasteiger partial charge in [0.15, 0.2) is 11.5 Å². The van der Waals surface area contributed by atoms with Gasteiger partial charge in [-0.1, -0.05) is 25.1 Å². The third-order valence-corrected chi connectivity index (χ3v) is 4.67. The third kappa shape index (κ3) is 8.20. The van der Waals surface area contributed by atoms with Crippen LogP contribution in [-0.4, -0.2) is 47.6 Å². The van der Waals surface area contributed by atoms with Gasteiger partial charge in [-0.25, -0.2) is 4.79 Å². The van der Waals surface area contributed by atoms with Crippen LogP contribution >= 0.6 is 0 Å². The number of benzene rings is 2. The number of rotatable bonds is 11. The topological polar surface area (TPSA) is 102 Å². The predicted octanol–water partition coefficient (Wildman–Crippen LogP) is 4.31. The molecule has 0 bridgehead atoms. The Morgan fingerprint density at radius 2 is 1.71 bits per heavy atom. The summed E-state index contributed by atoms with van der Waals surface area (Å²) in [6, 6.07) is 10.3. The Hall–Kier alpha value is -3.37. The van der Waals surface area contributed by atoms with Crippen LogP contribution in [0.25, 0.3) is 6.08 Å². The third-order valence-electron chi connectivity index (χ3n) is 4.67. The van der Waals surface area contributed by atoms with E-state index >= 15 is 0 Å². The maximum Gasteiger partial charge on any atom is 0.389 e. The van der Waals surface area contributed by atoms with Gasteiger partial charge >= 0.3 is 12.1 Å². The smallest absolute Gasteiger partial charge is 0.389 e. The highest BCUT2D eigenvalue weighted by molar-refractivity contribution is 5.98. The zero-order chi connectivity index (χ0) is 25.4. The highest BCUT2D eigenvalue weighted by Crippen LogP contribution is 2.29. The average molecular weight is 482 g/mol. The largest absolute Gasteiger partial charge is 0.493 e. The van der Waals surface area contributed by atoms with Gasteiger partial charge in [-0.3, -0.25) is 4.79 Å². The van der Waals surface area contributed by atoms with Crippen LogP contribution in [0.1, 0.15) is 42.1 Å². The molecule has 0 heterocycles. The van der Waals surface area contributed by atoms with Gasteiger partial charge in [-0.15, -0.1) is 0 Å². The Morgan fingerprint density at radius 3 is 2.29 bits per heavy atom. The fourth-order valence-corrected chi connectivity index (χ4v) is 2.66. The van der Waals surface area contributed by atoms with Gasteiger partial charge in [-0.05, 0) is 48.4 Å². The van der Waals surface area contributed by atoms with E-state index in [-0.39, 0.29) is 42.3 Å². The minimum atomic E-state index is -4.26. The molecule has 2 aromatic carbocycles. The van der Waals surface area contributed by atoms with E-state index in [0.717, 1.165) is 6.08 Å². The Morgan fingerprint density at radius 1 is 1.03 bits per heavy atom. The van der Waals surface area contributed by atoms with Gasteiger partial charge in [0.1, 0.15) is 5.75 Å². The van der Waals surface area contributed by atoms with E-state index in [2.05, 4.69) is 0 Å². The quantitative estimate of drug-likeness (QED) is 0.162. The number of alkyl halides is 3. The van der Waals surface area contributed by atoms with Crippen LogP contribution in [-0.2, 0) is 4.79 Å². The van der Waals surface area contributed by atoms with E-state index in [9.17, 15) is 33.0 Å². The maximum absolute atomic E-state index is 12.4. The van der Waals surface area contributed by atoms with Crippen molar-refractivity contribution in [2.45, 2.75) is 38.1 Å². The molecule has 10 heteroatoms. The number of ether oxygens (including phenoxy) is 3. The second kappa shape index (κ2) is 11.7. The van der Waals surface area contributed by atoms with E-state index < -0.39 is 30.1 Å². The molecule has 0 spiro atoms. The number of carbonyl (C=O) groups is 2. The second-order valence-electron chi connectivity index (χ2n) is 7.26. The number of hydrogen-bond acceptors (Lipinski definition) is 7. The van der Waals surface area contributed by atoms with Crippen molar-refractivity contribution < 1.29 is 47.2 Å². The zero-order valence-corrected chi connectivity index (χ0v) is 18.6. The van der Waals surface area contributed by atoms with Crippen LogP contribution in [0.15, 0.2) is 48.5 Å². The number of methoxy groups -OCH3 is 1. The minimum Gasteiger partial charge on any atom is -0.493 e. The van der Waals surface area contributed by atoms with Crippen molar-refractivity contribution in [1.29, 1.82) is 0 Å². The molecule has 2 aromatic rings. The van der Waals surface area contributed by atoms with Gasteiger partial charge in [0.05, 0.1) is 19.3 Å². The first kappa shape index (κ1) is 26.9. The summed E-state index contributed by atoms with van der Waals surface area (Å²) in [4.78, 5) is 24.2. The summed E-state index contributed by atoms with van der Waals surface area (Å²) in [5, 5.41) is 19.0. The Balaban J connectivity index is 1.99. The van der Waals surface area contributed by atoms with Crippen molar-refractivity contribution in [2.75, 3.05) is 13.7 Å². The van der Waals surface area contributed by atoms with Crippen molar-refractivity contribution in [1.82, 2.24) is 0 Å². The minimum absolute atomic E-state index is 0.135. The van der Waals surface area contributed by atoms with E-state index in [1.165, 1.54) is 50.4 Å². The standard InChI is InChI=1S/C24H25F3O7/c1-3-23(30,31)21(28)12-7-16-5-9-18(10-6-16)34-22(29)17-8-11-19(20(15-17)32-2)33-14-4-13-24(25,26)27/h5-12,15,30-31H,3-4,13-14H2,1-2H3/b12-7+. The molecule has 7 nitrogen and oxygen atoms in total. The molecule has 0 aliphatic rings. The van der Waals surface area contributed by atoms with Crippen LogP contribution in [0.4, 0.5) is 13.2 Å². The summed E-state index contributed by atoms with van der Waals surface area (Å²) in [6.45, 7) is 1.30. The van der Waals surface area contributed by atoms with Crippen LogP contribution < -0.4 is 14.2 Å². The predicted molar refractivity (Wildman–Crippen MR) is 117 cm³/mol. The van der Waals surface area contributed by atoms with Crippen molar-refractivity contribution >= 4 is 17.8 Å². The van der Waals surface area contributed by atoms with Crippen molar-refractivity contribution in [3.8, 4) is 17.2 Å². The van der Waals surface area contributed by atoms with E-state index in [0.29, 0.717) is 5.56 Å². The summed E-state index contributed by atoms with van der Waals surface area (Å²) < 4.78 is 52.5. The molecular formula is C24H25F3O7. The van der Waals surface area contributed by atoms with Crippen LogP contribution in [0.2, 0.25) is 0 Å². The Bertz CT molecular complexity index is 1010. The molecule has 0 radical (unpaired) electrons. The van der Waals surface area contributed by atoms with Gasteiger partial charge < -0.3 is 24.4 Å². The number of carbonyl (C=O) groups excluding carboxylic acids is 2. The van der Waals surface area contributed by atoms with Gasteiger partial charge in [0, 0.05) is 12.8 Å². The summed E-state index contributed by atoms with van der Waals surface area (Å²) in [5.74, 6) is -3.39. The van der Waals surface area contributed by atoms with Crippen LogP contribution in [0, 0.1) is 0 Å². The summed E-state index contributed by atoms with van der Waals surface area (Å²) in [5.41, 5.74) is 0.699. The van der Waals surface area contributed by atoms with Crippen LogP contribution in [0.3, 0.4) is 0 Å². The normalized spacial score (nSPS) is 12.0. The lowest BCUT2D eigenvalue weighted by Crippen LogP contribution is -2.36. The second-order valence-corrected chi connectivity index (χ2v) is 7.26. The lowest BCUT2D eigenvalue weighted by Gasteiger charge is -2.15. The zero-order valence-electron chi connectivity index (χ0n) is 18.6. The fourth-order valence-electron chi connectivity index (χ4n) is 2.66. The summed E-state index contributed by atoms with van der Waals surface area (Å²) in [6.07, 6.45) is -3.15. The molecule has 2 N–H and O–H groups in total. The van der Waals surface area contributed by atoms with Crippen molar-refractivity contribution in [3.05, 3.63) is 59.7 Å². The van der Waals surface area contributed by atoms with Crippen LogP contribution in [0.5, 0.6) is 17.2 Å². The molecule has 34 heavy (non-hydrogen) atoms. The van der Waals surface area contributed by atoms with Crippen molar-refractivity contribution in [2.24, 2.45) is 0 Å². The van der Waals surface area contributed by atoms with E-state index in [4.69, 9.17) is 14.2 Å². The summed E-state index contributed by atoms with van der Waals surface area (Å²) >= 11 is 0. The lowest BCUT2D eigenvalue weighted by atomic mass is 10.1. The molecule has 0 amide bonds. The van der Waals surface area contributed by atoms with Crippen molar-refractivity contribution in [3.63, 3.8) is 0 Å². The Kier molecular flexibility index (Phi) is 9.22. The maximum atomic E-state index is 12.4. The first-order valence-corrected chi connectivity index (χ1v) is 10.3. The number of esters is 1. The number of halogens is 3. The molecule has 0 unspecified atom stereocenters. The molecular weight excluding hydrogens is 457 g/mol. The molecule has 0 aliphatic carbocycles. The molecule has 0 atom stereocenters. The van der Waals surface area contributed by atoms with E-state index in [1.54, 1.807) is 12.1 Å². The average Bonchev–Trinajstić information content (AvgIpc) is 2.80. The number of ketones is 1. The molecule has 184 valence electrons. The van der Waals surface area contributed by atoms with Gasteiger partial charge in [0.25, 0.3) is 0 Å². The van der Waals surface area contributed by atoms with Gasteiger partial charge in [0.2, 0.25) is 11.6 Å². The highest BCUT2D eigenvalue weighted by Gasteiger charge is 2.28. The Labute approximate surface area is 194 Å². The molecule has 0 aromatic heterocycles. The molecule has 0 saturated heterocycles. The molecule has 0 aliphatic heterocycles.